The Kier molecular flexibility index (Phi) is 59.9. The summed E-state index contributed by atoms with van der Waals surface area (Å²) < 4.78 is 67.9. The van der Waals surface area contributed by atoms with E-state index in [9.17, 15) is 43.2 Å². The van der Waals surface area contributed by atoms with Crippen LogP contribution in [0.15, 0.2) is 0 Å². The number of carbonyl (C=O) groups excluding carboxylic acids is 4. The molecule has 3 unspecified atom stereocenters. The summed E-state index contributed by atoms with van der Waals surface area (Å²) in [6.07, 6.45) is 46.3. The zero-order chi connectivity index (χ0) is 65.0. The number of unbranched alkanes of at least 4 members (excludes halogenated alkanes) is 37. The zero-order valence-corrected chi connectivity index (χ0v) is 58.8. The summed E-state index contributed by atoms with van der Waals surface area (Å²) in [5.41, 5.74) is 0. The molecule has 19 heteroatoms. The molecule has 0 bridgehead atoms. The van der Waals surface area contributed by atoms with Gasteiger partial charge in [0, 0.05) is 25.7 Å². The van der Waals surface area contributed by atoms with Crippen LogP contribution in [0.3, 0.4) is 0 Å². The molecule has 0 saturated carbocycles. The second-order valence-electron chi connectivity index (χ2n) is 25.6. The minimum absolute atomic E-state index is 0.105. The fourth-order valence-corrected chi connectivity index (χ4v) is 12.0. The Morgan fingerprint density at radius 2 is 0.580 bits per heavy atom. The van der Waals surface area contributed by atoms with Crippen molar-refractivity contribution in [3.05, 3.63) is 0 Å². The molecule has 0 rings (SSSR count). The number of aliphatic hydroxyl groups excluding tert-OH is 1. The lowest BCUT2D eigenvalue weighted by Gasteiger charge is -2.21. The van der Waals surface area contributed by atoms with Gasteiger partial charge >= 0.3 is 39.5 Å². The van der Waals surface area contributed by atoms with Crippen LogP contribution in [0.5, 0.6) is 0 Å². The maximum absolute atomic E-state index is 13.0. The molecule has 0 amide bonds. The van der Waals surface area contributed by atoms with E-state index >= 15 is 0 Å². The standard InChI is InChI=1S/C69H134O17P2/c1-7-10-12-14-15-27-35-41-47-53-68(73)85-64(57-79-66(71)51-45-37-13-11-8-2)59-83-87(75,76)81-55-63(70)56-82-88(77,78)84-60-65(58-80-67(72)52-46-40-34-31-26-28-32-38-43-49-61(4)5)86-69(74)54-48-42-36-30-25-23-21-19-17-16-18-20-22-24-29-33-39-44-50-62(6)9-3/h61-65,70H,7-60H2,1-6H3,(H,75,76)(H,77,78)/t62?,63-,64+,65+/m0/s1. The largest absolute Gasteiger partial charge is 0.472 e. The number of ether oxygens (including phenoxy) is 4. The summed E-state index contributed by atoms with van der Waals surface area (Å²) in [4.78, 5) is 72.1. The number of aliphatic hydroxyl groups is 1. The van der Waals surface area contributed by atoms with Crippen LogP contribution in [-0.2, 0) is 65.4 Å². The lowest BCUT2D eigenvalue weighted by atomic mass is 9.99. The van der Waals surface area contributed by atoms with Crippen LogP contribution in [0.4, 0.5) is 0 Å². The van der Waals surface area contributed by atoms with Gasteiger partial charge in [0.1, 0.15) is 19.3 Å². The molecule has 522 valence electrons. The Bertz CT molecular complexity index is 1720. The van der Waals surface area contributed by atoms with E-state index in [4.69, 9.17) is 37.0 Å². The molecular formula is C69H134O17P2. The second kappa shape index (κ2) is 61.3. The highest BCUT2D eigenvalue weighted by Crippen LogP contribution is 2.45. The van der Waals surface area contributed by atoms with Gasteiger partial charge in [-0.05, 0) is 37.5 Å². The quantitative estimate of drug-likeness (QED) is 0.0222. The van der Waals surface area contributed by atoms with Crippen molar-refractivity contribution in [2.45, 2.75) is 368 Å². The number of hydrogen-bond acceptors (Lipinski definition) is 15. The van der Waals surface area contributed by atoms with Crippen molar-refractivity contribution in [1.82, 2.24) is 0 Å². The lowest BCUT2D eigenvalue weighted by molar-refractivity contribution is -0.161. The average molecular weight is 1300 g/mol. The third kappa shape index (κ3) is 61.6. The van der Waals surface area contributed by atoms with Gasteiger partial charge in [-0.15, -0.1) is 0 Å². The molecule has 0 radical (unpaired) electrons. The monoisotopic (exact) mass is 1300 g/mol. The molecule has 0 aromatic carbocycles. The first-order valence-electron chi connectivity index (χ1n) is 36.0. The molecule has 0 aliphatic carbocycles. The van der Waals surface area contributed by atoms with Crippen molar-refractivity contribution >= 4 is 39.5 Å². The topological polar surface area (TPSA) is 237 Å². The van der Waals surface area contributed by atoms with Gasteiger partial charge in [0.05, 0.1) is 26.4 Å². The first-order chi connectivity index (χ1) is 42.4. The van der Waals surface area contributed by atoms with E-state index in [0.717, 1.165) is 108 Å². The number of hydrogen-bond donors (Lipinski definition) is 3. The molecule has 0 aliphatic heterocycles. The molecule has 0 aromatic heterocycles. The van der Waals surface area contributed by atoms with Crippen molar-refractivity contribution < 1.29 is 80.2 Å². The number of rotatable bonds is 68. The molecule has 0 saturated heterocycles. The lowest BCUT2D eigenvalue weighted by Crippen LogP contribution is -2.30. The smallest absolute Gasteiger partial charge is 0.462 e. The Hall–Kier alpha value is -1.94. The van der Waals surface area contributed by atoms with Crippen LogP contribution in [0.25, 0.3) is 0 Å². The number of carbonyl (C=O) groups is 4. The van der Waals surface area contributed by atoms with Crippen LogP contribution < -0.4 is 0 Å². The molecular weight excluding hydrogens is 1160 g/mol. The van der Waals surface area contributed by atoms with E-state index in [-0.39, 0.29) is 25.7 Å². The van der Waals surface area contributed by atoms with E-state index in [2.05, 4.69) is 41.5 Å². The van der Waals surface area contributed by atoms with Gasteiger partial charge in [0.25, 0.3) is 0 Å². The maximum atomic E-state index is 13.0. The Balaban J connectivity index is 5.08. The van der Waals surface area contributed by atoms with Gasteiger partial charge in [-0.2, -0.15) is 0 Å². The summed E-state index contributed by atoms with van der Waals surface area (Å²) in [6, 6.07) is 0. The van der Waals surface area contributed by atoms with E-state index in [1.54, 1.807) is 0 Å². The molecule has 88 heavy (non-hydrogen) atoms. The second-order valence-corrected chi connectivity index (χ2v) is 28.5. The van der Waals surface area contributed by atoms with Crippen molar-refractivity contribution in [2.24, 2.45) is 11.8 Å². The molecule has 17 nitrogen and oxygen atoms in total. The summed E-state index contributed by atoms with van der Waals surface area (Å²) in [5.74, 6) is -0.525. The third-order valence-corrected chi connectivity index (χ3v) is 18.2. The highest BCUT2D eigenvalue weighted by molar-refractivity contribution is 7.47. The van der Waals surface area contributed by atoms with Crippen LogP contribution in [0.2, 0.25) is 0 Å². The van der Waals surface area contributed by atoms with E-state index < -0.39 is 97.5 Å². The predicted molar refractivity (Wildman–Crippen MR) is 354 cm³/mol. The van der Waals surface area contributed by atoms with Crippen molar-refractivity contribution in [3.63, 3.8) is 0 Å². The number of phosphoric ester groups is 2. The van der Waals surface area contributed by atoms with Crippen LogP contribution in [0.1, 0.15) is 350 Å². The summed E-state index contributed by atoms with van der Waals surface area (Å²) in [5, 5.41) is 10.5. The Morgan fingerprint density at radius 1 is 0.330 bits per heavy atom. The van der Waals surface area contributed by atoms with Crippen LogP contribution >= 0.6 is 15.6 Å². The normalized spacial score (nSPS) is 14.5. The minimum Gasteiger partial charge on any atom is -0.462 e. The molecule has 3 N–H and O–H groups in total. The van der Waals surface area contributed by atoms with Crippen molar-refractivity contribution in [2.75, 3.05) is 39.6 Å². The van der Waals surface area contributed by atoms with Crippen LogP contribution in [-0.4, -0.2) is 96.7 Å². The van der Waals surface area contributed by atoms with E-state index in [1.807, 2.05) is 0 Å². The molecule has 0 spiro atoms. The maximum Gasteiger partial charge on any atom is 0.472 e. The zero-order valence-electron chi connectivity index (χ0n) is 57.0. The summed E-state index contributed by atoms with van der Waals surface area (Å²) in [7, 11) is -9.88. The molecule has 6 atom stereocenters. The fraction of sp³-hybridized carbons (Fsp3) is 0.942. The molecule has 0 aliphatic rings. The van der Waals surface area contributed by atoms with Gasteiger partial charge in [0.15, 0.2) is 12.2 Å². The summed E-state index contributed by atoms with van der Waals surface area (Å²) in [6.45, 7) is 9.48. The SMILES string of the molecule is CCCCCCCCCCCC(=O)O[C@H](COC(=O)CCCCCCC)COP(=O)(O)OC[C@H](O)COP(=O)(O)OC[C@@H](COC(=O)CCCCCCCCCCCC(C)C)OC(=O)CCCCCCCCCCCCCCCCCCCCC(C)CC. The van der Waals surface area contributed by atoms with Crippen molar-refractivity contribution in [1.29, 1.82) is 0 Å². The van der Waals surface area contributed by atoms with Gasteiger partial charge in [0.2, 0.25) is 0 Å². The average Bonchev–Trinajstić information content (AvgIpc) is 3.50. The fourth-order valence-electron chi connectivity index (χ4n) is 10.4. The first kappa shape index (κ1) is 86.1. The van der Waals surface area contributed by atoms with Gasteiger partial charge in [-0.3, -0.25) is 37.3 Å². The highest BCUT2D eigenvalue weighted by atomic mass is 31.2. The minimum atomic E-state index is -4.95. The van der Waals surface area contributed by atoms with E-state index in [1.165, 1.54) is 161 Å². The number of phosphoric acid groups is 2. The third-order valence-electron chi connectivity index (χ3n) is 16.3. The first-order valence-corrected chi connectivity index (χ1v) is 39.0. The molecule has 0 heterocycles. The predicted octanol–water partition coefficient (Wildman–Crippen LogP) is 19.6. The van der Waals surface area contributed by atoms with E-state index in [0.29, 0.717) is 25.7 Å². The van der Waals surface area contributed by atoms with Gasteiger partial charge in [-0.25, -0.2) is 9.13 Å². The molecule has 0 fully saturated rings. The highest BCUT2D eigenvalue weighted by Gasteiger charge is 2.30. The van der Waals surface area contributed by atoms with Crippen molar-refractivity contribution in [3.8, 4) is 0 Å². The molecule has 0 aromatic rings. The van der Waals surface area contributed by atoms with Gasteiger partial charge < -0.3 is 33.8 Å². The number of esters is 4. The van der Waals surface area contributed by atoms with Crippen LogP contribution in [0, 0.1) is 11.8 Å². The van der Waals surface area contributed by atoms with Gasteiger partial charge in [-0.1, -0.05) is 298 Å². The Morgan fingerprint density at radius 3 is 0.864 bits per heavy atom. The Labute approximate surface area is 537 Å². The summed E-state index contributed by atoms with van der Waals surface area (Å²) >= 11 is 0.